The van der Waals surface area contributed by atoms with Crippen LogP contribution in [0.25, 0.3) is 6.08 Å². The van der Waals surface area contributed by atoms with E-state index in [4.69, 9.17) is 9.47 Å². The van der Waals surface area contributed by atoms with Crippen LogP contribution in [0.2, 0.25) is 0 Å². The summed E-state index contributed by atoms with van der Waals surface area (Å²) in [5.74, 6) is 0.0385. The Kier molecular flexibility index (Phi) is 8.12. The van der Waals surface area contributed by atoms with Gasteiger partial charge in [0.2, 0.25) is 0 Å². The van der Waals surface area contributed by atoms with E-state index in [1.165, 1.54) is 0 Å². The summed E-state index contributed by atoms with van der Waals surface area (Å²) in [6, 6.07) is 5.44. The van der Waals surface area contributed by atoms with Crippen LogP contribution in [-0.2, 0) is 14.3 Å². The maximum absolute atomic E-state index is 12.5. The van der Waals surface area contributed by atoms with Gasteiger partial charge in [0.1, 0.15) is 12.3 Å². The SMILES string of the molecule is CC[C@@H](C)OC(=O)CN1C(=O)S/C(=C/c2ccc(OCC(C)C)c(Br)c2)C1=O. The summed E-state index contributed by atoms with van der Waals surface area (Å²) in [6.07, 6.45) is 2.04. The molecule has 1 aromatic rings. The number of hydrogen-bond acceptors (Lipinski definition) is 6. The van der Waals surface area contributed by atoms with E-state index in [2.05, 4.69) is 29.8 Å². The highest BCUT2D eigenvalue weighted by Crippen LogP contribution is 2.34. The zero-order chi connectivity index (χ0) is 20.8. The van der Waals surface area contributed by atoms with Crippen molar-refractivity contribution in [2.45, 2.75) is 40.2 Å². The lowest BCUT2D eigenvalue weighted by Crippen LogP contribution is -2.35. The Morgan fingerprint density at radius 1 is 1.29 bits per heavy atom. The van der Waals surface area contributed by atoms with Crippen molar-refractivity contribution in [3.05, 3.63) is 33.1 Å². The van der Waals surface area contributed by atoms with Crippen LogP contribution in [0, 0.1) is 5.92 Å². The lowest BCUT2D eigenvalue weighted by atomic mass is 10.2. The molecule has 0 radical (unpaired) electrons. The monoisotopic (exact) mass is 469 g/mol. The first-order valence-corrected chi connectivity index (χ1v) is 10.7. The van der Waals surface area contributed by atoms with E-state index in [1.54, 1.807) is 13.0 Å². The third-order valence-corrected chi connectivity index (χ3v) is 5.42. The number of carbonyl (C=O) groups excluding carboxylic acids is 3. The maximum Gasteiger partial charge on any atom is 0.326 e. The van der Waals surface area contributed by atoms with Gasteiger partial charge in [-0.25, -0.2) is 0 Å². The van der Waals surface area contributed by atoms with E-state index in [9.17, 15) is 14.4 Å². The number of nitrogens with zero attached hydrogens (tertiary/aromatic N) is 1. The zero-order valence-electron chi connectivity index (χ0n) is 16.4. The quantitative estimate of drug-likeness (QED) is 0.399. The molecule has 8 heteroatoms. The van der Waals surface area contributed by atoms with Crippen molar-refractivity contribution in [3.8, 4) is 5.75 Å². The van der Waals surface area contributed by atoms with Gasteiger partial charge >= 0.3 is 5.97 Å². The van der Waals surface area contributed by atoms with Gasteiger partial charge < -0.3 is 9.47 Å². The van der Waals surface area contributed by atoms with Crippen LogP contribution in [0.5, 0.6) is 5.75 Å². The molecule has 28 heavy (non-hydrogen) atoms. The molecule has 6 nitrogen and oxygen atoms in total. The fourth-order valence-electron chi connectivity index (χ4n) is 2.24. The number of benzene rings is 1. The van der Waals surface area contributed by atoms with Gasteiger partial charge in [0.25, 0.3) is 11.1 Å². The molecule has 0 N–H and O–H groups in total. The second-order valence-corrected chi connectivity index (χ2v) is 8.72. The molecular weight excluding hydrogens is 446 g/mol. The van der Waals surface area contributed by atoms with Crippen LogP contribution in [0.3, 0.4) is 0 Å². The van der Waals surface area contributed by atoms with Gasteiger partial charge in [-0.2, -0.15) is 0 Å². The summed E-state index contributed by atoms with van der Waals surface area (Å²) in [7, 11) is 0. The number of amides is 2. The topological polar surface area (TPSA) is 72.9 Å². The first-order valence-electron chi connectivity index (χ1n) is 9.08. The third-order valence-electron chi connectivity index (χ3n) is 3.89. The van der Waals surface area contributed by atoms with E-state index < -0.39 is 17.1 Å². The molecular formula is C20H24BrNO5S. The molecule has 152 valence electrons. The third kappa shape index (κ3) is 6.10. The van der Waals surface area contributed by atoms with E-state index in [0.717, 1.165) is 26.7 Å². The Bertz CT molecular complexity index is 793. The highest BCUT2D eigenvalue weighted by atomic mass is 79.9. The van der Waals surface area contributed by atoms with Gasteiger partial charge in [0.15, 0.2) is 0 Å². The van der Waals surface area contributed by atoms with Gasteiger partial charge in [-0.15, -0.1) is 0 Å². The van der Waals surface area contributed by atoms with Gasteiger partial charge in [0, 0.05) is 0 Å². The van der Waals surface area contributed by atoms with Crippen LogP contribution in [0.1, 0.15) is 39.7 Å². The highest BCUT2D eigenvalue weighted by Gasteiger charge is 2.36. The molecule has 2 rings (SSSR count). The molecule has 0 unspecified atom stereocenters. The lowest BCUT2D eigenvalue weighted by molar-refractivity contribution is -0.150. The summed E-state index contributed by atoms with van der Waals surface area (Å²) < 4.78 is 11.6. The molecule has 1 aliphatic rings. The average molecular weight is 470 g/mol. The Morgan fingerprint density at radius 3 is 2.61 bits per heavy atom. The summed E-state index contributed by atoms with van der Waals surface area (Å²) in [5.41, 5.74) is 0.747. The number of ether oxygens (including phenoxy) is 2. The molecule has 2 amide bonds. The van der Waals surface area contributed by atoms with Crippen molar-refractivity contribution in [1.82, 2.24) is 4.90 Å². The molecule has 1 atom stereocenters. The van der Waals surface area contributed by atoms with Crippen molar-refractivity contribution in [2.75, 3.05) is 13.2 Å². The number of rotatable bonds is 8. The first-order chi connectivity index (χ1) is 13.2. The number of thioether (sulfide) groups is 1. The van der Waals surface area contributed by atoms with Crippen molar-refractivity contribution in [2.24, 2.45) is 5.92 Å². The Hall–Kier alpha value is -1.80. The molecule has 0 aromatic heterocycles. The highest BCUT2D eigenvalue weighted by molar-refractivity contribution is 9.10. The van der Waals surface area contributed by atoms with Gasteiger partial charge in [-0.1, -0.05) is 26.8 Å². The number of esters is 1. The van der Waals surface area contributed by atoms with Crippen molar-refractivity contribution in [3.63, 3.8) is 0 Å². The summed E-state index contributed by atoms with van der Waals surface area (Å²) in [5, 5.41) is -0.478. The minimum Gasteiger partial charge on any atom is -0.492 e. The first kappa shape index (κ1) is 22.5. The molecule has 1 aromatic carbocycles. The van der Waals surface area contributed by atoms with Gasteiger partial charge in [-0.05, 0) is 70.7 Å². The molecule has 0 spiro atoms. The van der Waals surface area contributed by atoms with E-state index >= 15 is 0 Å². The summed E-state index contributed by atoms with van der Waals surface area (Å²) in [4.78, 5) is 37.7. The zero-order valence-corrected chi connectivity index (χ0v) is 18.8. The van der Waals surface area contributed by atoms with Crippen molar-refractivity contribution >= 4 is 50.9 Å². The molecule has 1 aliphatic heterocycles. The van der Waals surface area contributed by atoms with Gasteiger partial charge in [0.05, 0.1) is 22.1 Å². The second kappa shape index (κ2) is 10.1. The van der Waals surface area contributed by atoms with Crippen LogP contribution >= 0.6 is 27.7 Å². The van der Waals surface area contributed by atoms with Crippen LogP contribution < -0.4 is 4.74 Å². The molecule has 0 aliphatic carbocycles. The Labute approximate surface area is 177 Å². The van der Waals surface area contributed by atoms with Crippen molar-refractivity contribution in [1.29, 1.82) is 0 Å². The number of imide groups is 1. The molecule has 1 saturated heterocycles. The molecule has 1 fully saturated rings. The Morgan fingerprint density at radius 2 is 2.00 bits per heavy atom. The smallest absolute Gasteiger partial charge is 0.326 e. The second-order valence-electron chi connectivity index (χ2n) is 6.87. The van der Waals surface area contributed by atoms with E-state index in [0.29, 0.717) is 24.7 Å². The normalized spacial score (nSPS) is 16.8. The average Bonchev–Trinajstić information content (AvgIpc) is 2.88. The van der Waals surface area contributed by atoms with Crippen LogP contribution in [-0.4, -0.2) is 41.3 Å². The predicted molar refractivity (Wildman–Crippen MR) is 113 cm³/mol. The Balaban J connectivity index is 2.08. The largest absolute Gasteiger partial charge is 0.492 e. The van der Waals surface area contributed by atoms with E-state index in [-0.39, 0.29) is 17.6 Å². The molecule has 1 heterocycles. The summed E-state index contributed by atoms with van der Waals surface area (Å²) >= 11 is 4.28. The maximum atomic E-state index is 12.5. The number of carbonyl (C=O) groups is 3. The number of halogens is 1. The van der Waals surface area contributed by atoms with E-state index in [1.807, 2.05) is 25.1 Å². The van der Waals surface area contributed by atoms with Crippen LogP contribution in [0.4, 0.5) is 4.79 Å². The fraction of sp³-hybridized carbons (Fsp3) is 0.450. The van der Waals surface area contributed by atoms with Gasteiger partial charge in [-0.3, -0.25) is 19.3 Å². The van der Waals surface area contributed by atoms with Crippen LogP contribution in [0.15, 0.2) is 27.6 Å². The molecule has 0 saturated carbocycles. The summed E-state index contributed by atoms with van der Waals surface area (Å²) in [6.45, 7) is 8.01. The molecule has 0 bridgehead atoms. The number of hydrogen-bond donors (Lipinski definition) is 0. The predicted octanol–water partition coefficient (Wildman–Crippen LogP) is 4.86. The lowest BCUT2D eigenvalue weighted by Gasteiger charge is -2.14. The van der Waals surface area contributed by atoms with Crippen molar-refractivity contribution < 1.29 is 23.9 Å². The minimum atomic E-state index is -0.590. The minimum absolute atomic E-state index is 0.253. The standard InChI is InChI=1S/C20H24BrNO5S/c1-5-13(4)27-18(23)10-22-19(24)17(28-20(22)25)9-14-6-7-16(15(21)8-14)26-11-12(2)3/h6-9,12-13H,5,10-11H2,1-4H3/b17-9+/t13-/m1/s1. The fourth-order valence-corrected chi connectivity index (χ4v) is 3.59.